The van der Waals surface area contributed by atoms with Gasteiger partial charge in [-0.2, -0.15) is 0 Å². The van der Waals surface area contributed by atoms with Crippen LogP contribution in [0.15, 0.2) is 24.3 Å². The molecule has 1 aromatic rings. The summed E-state index contributed by atoms with van der Waals surface area (Å²) in [6.45, 7) is 4.08. The number of aliphatic carboxylic acids is 1. The second-order valence-corrected chi connectivity index (χ2v) is 4.99. The maximum atomic E-state index is 12.1. The minimum Gasteiger partial charge on any atom is -0.478 e. The van der Waals surface area contributed by atoms with Crippen molar-refractivity contribution in [1.29, 1.82) is 0 Å². The van der Waals surface area contributed by atoms with Crippen LogP contribution in [-0.2, 0) is 9.53 Å². The molecule has 1 amide bonds. The van der Waals surface area contributed by atoms with Crippen LogP contribution in [0, 0.1) is 5.92 Å². The van der Waals surface area contributed by atoms with Crippen LogP contribution >= 0.6 is 0 Å². The Morgan fingerprint density at radius 2 is 2.15 bits per heavy atom. The number of benzene rings is 1. The van der Waals surface area contributed by atoms with Gasteiger partial charge in [-0.25, -0.2) is 9.59 Å². The minimum absolute atomic E-state index is 0.0662. The van der Waals surface area contributed by atoms with E-state index in [0.717, 1.165) is 0 Å². The summed E-state index contributed by atoms with van der Waals surface area (Å²) in [7, 11) is 0. The van der Waals surface area contributed by atoms with Gasteiger partial charge in [0, 0.05) is 0 Å². The summed E-state index contributed by atoms with van der Waals surface area (Å²) in [6.07, 6.45) is -1.64. The molecule has 6 heteroatoms. The first-order chi connectivity index (χ1) is 9.49. The molecule has 0 aromatic heterocycles. The van der Waals surface area contributed by atoms with Crippen molar-refractivity contribution < 1.29 is 24.2 Å². The van der Waals surface area contributed by atoms with Gasteiger partial charge in [0.05, 0.1) is 18.8 Å². The molecular formula is C14H17NO5. The van der Waals surface area contributed by atoms with Crippen LogP contribution in [0.2, 0.25) is 0 Å². The van der Waals surface area contributed by atoms with Crippen molar-refractivity contribution in [2.75, 3.05) is 18.1 Å². The van der Waals surface area contributed by atoms with Crippen molar-refractivity contribution in [3.63, 3.8) is 0 Å². The zero-order valence-corrected chi connectivity index (χ0v) is 11.4. The lowest BCUT2D eigenvalue weighted by Crippen LogP contribution is -2.47. The molecular weight excluding hydrogens is 262 g/mol. The third-order valence-electron chi connectivity index (χ3n) is 2.81. The van der Waals surface area contributed by atoms with E-state index in [2.05, 4.69) is 0 Å². The van der Waals surface area contributed by atoms with Gasteiger partial charge in [0.1, 0.15) is 5.75 Å². The van der Waals surface area contributed by atoms with Gasteiger partial charge in [-0.05, 0) is 18.1 Å². The molecule has 0 fully saturated rings. The molecule has 1 N–H and O–H groups in total. The maximum absolute atomic E-state index is 12.1. The largest absolute Gasteiger partial charge is 0.478 e. The molecule has 6 nitrogen and oxygen atoms in total. The molecule has 0 radical (unpaired) electrons. The number of hydrogen-bond acceptors (Lipinski definition) is 4. The molecule has 1 aliphatic rings. The second-order valence-electron chi connectivity index (χ2n) is 4.99. The fourth-order valence-electron chi connectivity index (χ4n) is 1.85. The Balaban J connectivity index is 2.22. The Bertz CT molecular complexity index is 514. The van der Waals surface area contributed by atoms with E-state index in [0.29, 0.717) is 11.4 Å². The number of hydrogen-bond donors (Lipinski definition) is 1. The molecule has 0 saturated heterocycles. The summed E-state index contributed by atoms with van der Waals surface area (Å²) in [6, 6.07) is 6.81. The number of para-hydroxylation sites is 2. The first-order valence-corrected chi connectivity index (χ1v) is 6.42. The topological polar surface area (TPSA) is 76.1 Å². The van der Waals surface area contributed by atoms with Gasteiger partial charge in [-0.1, -0.05) is 26.0 Å². The van der Waals surface area contributed by atoms with Crippen LogP contribution in [0.3, 0.4) is 0 Å². The predicted molar refractivity (Wildman–Crippen MR) is 72.0 cm³/mol. The van der Waals surface area contributed by atoms with Crippen molar-refractivity contribution in [2.24, 2.45) is 5.92 Å². The summed E-state index contributed by atoms with van der Waals surface area (Å²) in [5.41, 5.74) is 0.527. The maximum Gasteiger partial charge on any atom is 0.414 e. The number of amides is 1. The third kappa shape index (κ3) is 3.01. The highest BCUT2D eigenvalue weighted by atomic mass is 16.6. The molecule has 0 aliphatic carbocycles. The standard InChI is InChI=1S/C14H17NO5/c1-9(2)8-19-14(18)15-7-12(13(16)17)20-11-6-4-3-5-10(11)15/h3-6,9,12H,7-8H2,1-2H3,(H,16,17). The van der Waals surface area contributed by atoms with Crippen molar-refractivity contribution in [3.8, 4) is 5.75 Å². The Morgan fingerprint density at radius 3 is 2.80 bits per heavy atom. The normalized spacial score (nSPS) is 17.4. The third-order valence-corrected chi connectivity index (χ3v) is 2.81. The van der Waals surface area contributed by atoms with Crippen LogP contribution in [0.25, 0.3) is 0 Å². The Morgan fingerprint density at radius 1 is 1.45 bits per heavy atom. The first kappa shape index (κ1) is 14.2. The van der Waals surface area contributed by atoms with E-state index < -0.39 is 18.2 Å². The Hall–Kier alpha value is -2.24. The molecule has 20 heavy (non-hydrogen) atoms. The number of ether oxygens (including phenoxy) is 2. The summed E-state index contributed by atoms with van der Waals surface area (Å²) in [4.78, 5) is 24.5. The van der Waals surface area contributed by atoms with Crippen LogP contribution in [0.4, 0.5) is 10.5 Å². The molecule has 1 aliphatic heterocycles. The van der Waals surface area contributed by atoms with Crippen molar-refractivity contribution in [3.05, 3.63) is 24.3 Å². The molecule has 2 rings (SSSR count). The molecule has 0 saturated carbocycles. The molecule has 0 bridgehead atoms. The highest BCUT2D eigenvalue weighted by Gasteiger charge is 2.34. The number of carbonyl (C=O) groups is 2. The van der Waals surface area contributed by atoms with Crippen LogP contribution in [0.1, 0.15) is 13.8 Å². The average Bonchev–Trinajstić information content (AvgIpc) is 2.43. The summed E-state index contributed by atoms with van der Waals surface area (Å²) in [5.74, 6) is -0.528. The minimum atomic E-state index is -1.11. The van der Waals surface area contributed by atoms with Gasteiger partial charge in [-0.3, -0.25) is 4.90 Å². The summed E-state index contributed by atoms with van der Waals surface area (Å²) >= 11 is 0. The van der Waals surface area contributed by atoms with Gasteiger partial charge in [-0.15, -0.1) is 0 Å². The average molecular weight is 279 g/mol. The van der Waals surface area contributed by atoms with Gasteiger partial charge >= 0.3 is 12.1 Å². The summed E-state index contributed by atoms with van der Waals surface area (Å²) < 4.78 is 10.5. The number of nitrogens with zero attached hydrogens (tertiary/aromatic N) is 1. The van der Waals surface area contributed by atoms with Gasteiger partial charge in [0.25, 0.3) is 0 Å². The molecule has 1 heterocycles. The van der Waals surface area contributed by atoms with E-state index in [4.69, 9.17) is 14.6 Å². The molecule has 1 atom stereocenters. The van der Waals surface area contributed by atoms with Gasteiger partial charge < -0.3 is 14.6 Å². The SMILES string of the molecule is CC(C)COC(=O)N1CC(C(=O)O)Oc2ccccc21. The molecule has 1 aromatic carbocycles. The van der Waals surface area contributed by atoms with E-state index in [1.54, 1.807) is 24.3 Å². The fraction of sp³-hybridized carbons (Fsp3) is 0.429. The second kappa shape index (κ2) is 5.81. The number of rotatable bonds is 3. The first-order valence-electron chi connectivity index (χ1n) is 6.42. The highest BCUT2D eigenvalue weighted by molar-refractivity contribution is 5.92. The Kier molecular flexibility index (Phi) is 4.12. The van der Waals surface area contributed by atoms with Gasteiger partial charge in [0.15, 0.2) is 0 Å². The van der Waals surface area contributed by atoms with Crippen LogP contribution in [0.5, 0.6) is 5.75 Å². The predicted octanol–water partition coefficient (Wildman–Crippen LogP) is 2.13. The lowest BCUT2D eigenvalue weighted by atomic mass is 10.2. The number of carboxylic acids is 1. The molecule has 1 unspecified atom stereocenters. The van der Waals surface area contributed by atoms with Gasteiger partial charge in [0.2, 0.25) is 6.10 Å². The van der Waals surface area contributed by atoms with Crippen molar-refractivity contribution in [1.82, 2.24) is 0 Å². The monoisotopic (exact) mass is 279 g/mol. The lowest BCUT2D eigenvalue weighted by Gasteiger charge is -2.32. The van der Waals surface area contributed by atoms with Crippen molar-refractivity contribution in [2.45, 2.75) is 20.0 Å². The van der Waals surface area contributed by atoms with E-state index >= 15 is 0 Å². The quantitative estimate of drug-likeness (QED) is 0.917. The van der Waals surface area contributed by atoms with E-state index in [1.165, 1.54) is 4.90 Å². The molecule has 108 valence electrons. The zero-order chi connectivity index (χ0) is 14.7. The van der Waals surface area contributed by atoms with Crippen molar-refractivity contribution >= 4 is 17.7 Å². The fourth-order valence-corrected chi connectivity index (χ4v) is 1.85. The highest BCUT2D eigenvalue weighted by Crippen LogP contribution is 2.33. The zero-order valence-electron chi connectivity index (χ0n) is 11.4. The lowest BCUT2D eigenvalue weighted by molar-refractivity contribution is -0.144. The number of fused-ring (bicyclic) bond motifs is 1. The van der Waals surface area contributed by atoms with E-state index in [-0.39, 0.29) is 19.1 Å². The number of carbonyl (C=O) groups excluding carboxylic acids is 1. The number of carboxylic acid groups (broad SMARTS) is 1. The van der Waals surface area contributed by atoms with E-state index in [9.17, 15) is 9.59 Å². The van der Waals surface area contributed by atoms with E-state index in [1.807, 2.05) is 13.8 Å². The smallest absolute Gasteiger partial charge is 0.414 e. The van der Waals surface area contributed by atoms with Crippen LogP contribution < -0.4 is 9.64 Å². The van der Waals surface area contributed by atoms with Crippen LogP contribution in [-0.4, -0.2) is 36.4 Å². The summed E-state index contributed by atoms with van der Waals surface area (Å²) in [5, 5.41) is 9.08. The number of anilines is 1. The Labute approximate surface area is 116 Å². The molecule has 0 spiro atoms.